The molecule has 3 rings (SSSR count). The first-order valence-electron chi connectivity index (χ1n) is 8.43. The first-order valence-corrected chi connectivity index (χ1v) is 8.43. The van der Waals surface area contributed by atoms with E-state index < -0.39 is 0 Å². The van der Waals surface area contributed by atoms with Crippen molar-refractivity contribution >= 4 is 5.91 Å². The van der Waals surface area contributed by atoms with Gasteiger partial charge in [0.2, 0.25) is 5.91 Å². The summed E-state index contributed by atoms with van der Waals surface area (Å²) in [5, 5.41) is 9.48. The molecule has 0 bridgehead atoms. The Kier molecular flexibility index (Phi) is 5.30. The molecule has 0 aliphatic carbocycles. The molecule has 5 heteroatoms. The number of methoxy groups -OCH3 is 1. The summed E-state index contributed by atoms with van der Waals surface area (Å²) in [6.07, 6.45) is 2.47. The van der Waals surface area contributed by atoms with Gasteiger partial charge in [-0.05, 0) is 24.0 Å². The topological polar surface area (TPSA) is 53.0 Å². The fraction of sp³-hybridized carbons (Fsp3) is 0.611. The number of hydrogen-bond acceptors (Lipinski definition) is 4. The lowest BCUT2D eigenvalue weighted by Crippen LogP contribution is -2.39. The minimum absolute atomic E-state index is 0.120. The Hall–Kier alpha value is -1.43. The van der Waals surface area contributed by atoms with Crippen LogP contribution in [0.3, 0.4) is 0 Å². The molecule has 0 aromatic heterocycles. The Morgan fingerprint density at radius 3 is 2.87 bits per heavy atom. The van der Waals surface area contributed by atoms with Crippen molar-refractivity contribution in [3.63, 3.8) is 0 Å². The number of benzene rings is 1. The lowest BCUT2D eigenvalue weighted by atomic mass is 10.00. The largest absolute Gasteiger partial charge is 0.395 e. The molecule has 2 aliphatic rings. The molecular weight excluding hydrogens is 292 g/mol. The Balaban J connectivity index is 1.52. The van der Waals surface area contributed by atoms with Gasteiger partial charge >= 0.3 is 0 Å². The standard InChI is InChI=1S/C18H26N2O3/c1-23-17-10-16(13-21)19(12-17)9-7-18(22)20-8-6-14-4-2-3-5-15(14)11-20/h2-5,16-17,21H,6-13H2,1H3/t16-,17-/m0/s1. The van der Waals surface area contributed by atoms with Crippen LogP contribution in [0.2, 0.25) is 0 Å². The van der Waals surface area contributed by atoms with Gasteiger partial charge in [0.1, 0.15) is 0 Å². The zero-order valence-corrected chi connectivity index (χ0v) is 13.8. The van der Waals surface area contributed by atoms with Crippen molar-refractivity contribution in [1.82, 2.24) is 9.80 Å². The molecule has 0 spiro atoms. The number of fused-ring (bicyclic) bond motifs is 1. The van der Waals surface area contributed by atoms with Crippen molar-refractivity contribution in [2.75, 3.05) is 33.4 Å². The van der Waals surface area contributed by atoms with E-state index in [1.807, 2.05) is 11.0 Å². The second-order valence-corrected chi connectivity index (χ2v) is 6.51. The number of carbonyl (C=O) groups excluding carboxylic acids is 1. The Labute approximate surface area is 137 Å². The number of aliphatic hydroxyl groups is 1. The van der Waals surface area contributed by atoms with Crippen LogP contribution in [-0.4, -0.2) is 66.3 Å². The number of rotatable bonds is 5. The molecule has 0 unspecified atom stereocenters. The third-order valence-electron chi connectivity index (χ3n) is 5.13. The van der Waals surface area contributed by atoms with Crippen LogP contribution in [0.4, 0.5) is 0 Å². The molecule has 5 nitrogen and oxygen atoms in total. The molecular formula is C18H26N2O3. The van der Waals surface area contributed by atoms with Gasteiger partial charge in [0.25, 0.3) is 0 Å². The van der Waals surface area contributed by atoms with E-state index in [4.69, 9.17) is 4.74 Å². The van der Waals surface area contributed by atoms with Crippen LogP contribution in [-0.2, 0) is 22.5 Å². The minimum atomic E-state index is 0.120. The zero-order valence-electron chi connectivity index (χ0n) is 13.8. The second-order valence-electron chi connectivity index (χ2n) is 6.51. The highest BCUT2D eigenvalue weighted by Crippen LogP contribution is 2.22. The number of likely N-dealkylation sites (tertiary alicyclic amines) is 1. The quantitative estimate of drug-likeness (QED) is 0.881. The summed E-state index contributed by atoms with van der Waals surface area (Å²) in [6.45, 7) is 3.16. The molecule has 23 heavy (non-hydrogen) atoms. The van der Waals surface area contributed by atoms with E-state index in [1.54, 1.807) is 7.11 Å². The molecule has 1 N–H and O–H groups in total. The summed E-state index contributed by atoms with van der Waals surface area (Å²) in [7, 11) is 1.71. The second kappa shape index (κ2) is 7.43. The van der Waals surface area contributed by atoms with Gasteiger partial charge in [-0.3, -0.25) is 9.69 Å². The maximum atomic E-state index is 12.5. The van der Waals surface area contributed by atoms with Crippen molar-refractivity contribution in [2.45, 2.75) is 38.0 Å². The normalized spacial score (nSPS) is 24.7. The predicted molar refractivity (Wildman–Crippen MR) is 88.0 cm³/mol. The monoisotopic (exact) mass is 318 g/mol. The summed E-state index contributed by atoms with van der Waals surface area (Å²) < 4.78 is 5.39. The SMILES string of the molecule is CO[C@H]1C[C@@H](CO)N(CCC(=O)N2CCc3ccccc3C2)C1. The lowest BCUT2D eigenvalue weighted by Gasteiger charge is -2.30. The average molecular weight is 318 g/mol. The maximum absolute atomic E-state index is 12.5. The summed E-state index contributed by atoms with van der Waals surface area (Å²) in [5.41, 5.74) is 2.63. The van der Waals surface area contributed by atoms with Gasteiger partial charge in [0.15, 0.2) is 0 Å². The number of ether oxygens (including phenoxy) is 1. The van der Waals surface area contributed by atoms with Gasteiger partial charge in [0, 0.05) is 45.8 Å². The minimum Gasteiger partial charge on any atom is -0.395 e. The summed E-state index contributed by atoms with van der Waals surface area (Å²) in [5.74, 6) is 0.206. The van der Waals surface area contributed by atoms with Crippen LogP contribution >= 0.6 is 0 Å². The van der Waals surface area contributed by atoms with Gasteiger partial charge in [-0.1, -0.05) is 24.3 Å². The first kappa shape index (κ1) is 16.4. The molecule has 1 aromatic rings. The van der Waals surface area contributed by atoms with E-state index in [9.17, 15) is 9.90 Å². The number of hydrogen-bond donors (Lipinski definition) is 1. The number of nitrogens with zero attached hydrogens (tertiary/aromatic N) is 2. The van der Waals surface area contributed by atoms with Crippen molar-refractivity contribution in [2.24, 2.45) is 0 Å². The third kappa shape index (κ3) is 3.74. The van der Waals surface area contributed by atoms with Crippen LogP contribution < -0.4 is 0 Å². The Morgan fingerprint density at radius 1 is 1.35 bits per heavy atom. The molecule has 1 fully saturated rings. The van der Waals surface area contributed by atoms with Crippen molar-refractivity contribution < 1.29 is 14.6 Å². The van der Waals surface area contributed by atoms with Crippen LogP contribution in [0.5, 0.6) is 0 Å². The van der Waals surface area contributed by atoms with E-state index >= 15 is 0 Å². The molecule has 2 atom stereocenters. The van der Waals surface area contributed by atoms with Crippen molar-refractivity contribution in [1.29, 1.82) is 0 Å². The molecule has 1 amide bonds. The third-order valence-corrected chi connectivity index (χ3v) is 5.13. The van der Waals surface area contributed by atoms with E-state index in [1.165, 1.54) is 11.1 Å². The van der Waals surface area contributed by atoms with Gasteiger partial charge < -0.3 is 14.7 Å². The van der Waals surface area contributed by atoms with E-state index in [-0.39, 0.29) is 24.7 Å². The molecule has 1 saturated heterocycles. The molecule has 1 aromatic carbocycles. The molecule has 0 radical (unpaired) electrons. The molecule has 2 heterocycles. The fourth-order valence-electron chi connectivity index (χ4n) is 3.68. The lowest BCUT2D eigenvalue weighted by molar-refractivity contribution is -0.132. The van der Waals surface area contributed by atoms with Gasteiger partial charge in [-0.25, -0.2) is 0 Å². The van der Waals surface area contributed by atoms with Crippen LogP contribution in [0.25, 0.3) is 0 Å². The maximum Gasteiger partial charge on any atom is 0.224 e. The van der Waals surface area contributed by atoms with Crippen LogP contribution in [0.1, 0.15) is 24.0 Å². The van der Waals surface area contributed by atoms with Gasteiger partial charge in [-0.15, -0.1) is 0 Å². The zero-order chi connectivity index (χ0) is 16.2. The summed E-state index contributed by atoms with van der Waals surface area (Å²) in [4.78, 5) is 16.7. The number of aliphatic hydroxyl groups excluding tert-OH is 1. The van der Waals surface area contributed by atoms with E-state index in [2.05, 4.69) is 23.1 Å². The van der Waals surface area contributed by atoms with Crippen molar-refractivity contribution in [3.05, 3.63) is 35.4 Å². The van der Waals surface area contributed by atoms with Crippen molar-refractivity contribution in [3.8, 4) is 0 Å². The smallest absolute Gasteiger partial charge is 0.224 e. The van der Waals surface area contributed by atoms with Crippen LogP contribution in [0.15, 0.2) is 24.3 Å². The van der Waals surface area contributed by atoms with Gasteiger partial charge in [-0.2, -0.15) is 0 Å². The van der Waals surface area contributed by atoms with E-state index in [0.29, 0.717) is 13.0 Å². The van der Waals surface area contributed by atoms with Gasteiger partial charge in [0.05, 0.1) is 12.7 Å². The average Bonchev–Trinajstić information content (AvgIpc) is 3.01. The molecule has 126 valence electrons. The summed E-state index contributed by atoms with van der Waals surface area (Å²) in [6, 6.07) is 8.48. The first-order chi connectivity index (χ1) is 11.2. The highest BCUT2D eigenvalue weighted by atomic mass is 16.5. The highest BCUT2D eigenvalue weighted by molar-refractivity contribution is 5.76. The number of carbonyl (C=O) groups is 1. The molecule has 0 saturated carbocycles. The predicted octanol–water partition coefficient (Wildman–Crippen LogP) is 1.04. The Morgan fingerprint density at radius 2 is 2.13 bits per heavy atom. The van der Waals surface area contributed by atoms with E-state index in [0.717, 1.165) is 32.5 Å². The highest BCUT2D eigenvalue weighted by Gasteiger charge is 2.32. The number of amides is 1. The Bertz CT molecular complexity index is 549. The van der Waals surface area contributed by atoms with Crippen LogP contribution in [0, 0.1) is 0 Å². The molecule has 2 aliphatic heterocycles. The summed E-state index contributed by atoms with van der Waals surface area (Å²) >= 11 is 0. The fourth-order valence-corrected chi connectivity index (χ4v) is 3.68.